The third-order valence-electron chi connectivity index (χ3n) is 7.38. The lowest BCUT2D eigenvalue weighted by atomic mass is 9.82. The lowest BCUT2D eigenvalue weighted by Gasteiger charge is -2.34. The van der Waals surface area contributed by atoms with Gasteiger partial charge in [-0.3, -0.25) is 4.79 Å². The number of ether oxygens (including phenoxy) is 1. The second-order valence-electron chi connectivity index (χ2n) is 10.0. The topological polar surface area (TPSA) is 86.4 Å². The molecule has 0 saturated heterocycles. The summed E-state index contributed by atoms with van der Waals surface area (Å²) in [4.78, 5) is 26.3. The summed E-state index contributed by atoms with van der Waals surface area (Å²) in [7, 11) is 5.47. The summed E-state index contributed by atoms with van der Waals surface area (Å²) in [6, 6.07) is 21.8. The van der Waals surface area contributed by atoms with Gasteiger partial charge in [0.25, 0.3) is 5.56 Å². The van der Waals surface area contributed by atoms with Crippen LogP contribution in [0.2, 0.25) is 5.02 Å². The number of halogens is 4. The third kappa shape index (κ3) is 5.93. The van der Waals surface area contributed by atoms with Crippen LogP contribution < -0.4 is 5.56 Å². The largest absolute Gasteiger partial charge is 0.490 e. The fourth-order valence-electron chi connectivity index (χ4n) is 5.31. The smallest absolute Gasteiger partial charge is 0.475 e. The SMILES string of the molecule is COC(c1ccc(Cl)cc1)(c1ccc2c(c1)c(-c1c(C)cccc1C)cc(=O)n2C)c1cncn1C.O=C(O)C(F)(F)F. The Morgan fingerprint density at radius 1 is 0.953 bits per heavy atom. The molecule has 11 heteroatoms. The Kier molecular flexibility index (Phi) is 8.84. The maximum Gasteiger partial charge on any atom is 0.490 e. The number of alkyl halides is 3. The zero-order valence-corrected chi connectivity index (χ0v) is 24.8. The first-order valence-electron chi connectivity index (χ1n) is 13.0. The molecule has 7 nitrogen and oxygen atoms in total. The Bertz CT molecular complexity index is 1840. The Morgan fingerprint density at radius 2 is 1.53 bits per heavy atom. The molecule has 2 heterocycles. The summed E-state index contributed by atoms with van der Waals surface area (Å²) in [5, 5.41) is 8.75. The highest BCUT2D eigenvalue weighted by atomic mass is 35.5. The van der Waals surface area contributed by atoms with Crippen molar-refractivity contribution in [3.05, 3.63) is 123 Å². The monoisotopic (exact) mass is 611 g/mol. The predicted octanol–water partition coefficient (Wildman–Crippen LogP) is 6.78. The average molecular weight is 612 g/mol. The lowest BCUT2D eigenvalue weighted by Crippen LogP contribution is -2.33. The minimum Gasteiger partial charge on any atom is -0.475 e. The number of hydrogen-bond donors (Lipinski definition) is 1. The Hall–Kier alpha value is -4.41. The van der Waals surface area contributed by atoms with Crippen LogP contribution in [-0.2, 0) is 29.2 Å². The van der Waals surface area contributed by atoms with Gasteiger partial charge in [-0.05, 0) is 71.5 Å². The van der Waals surface area contributed by atoms with E-state index in [0.717, 1.165) is 50.0 Å². The molecule has 1 unspecified atom stereocenters. The predicted molar refractivity (Wildman–Crippen MR) is 159 cm³/mol. The number of carboxylic acids is 1. The van der Waals surface area contributed by atoms with E-state index in [9.17, 15) is 18.0 Å². The van der Waals surface area contributed by atoms with E-state index < -0.39 is 17.7 Å². The van der Waals surface area contributed by atoms with Crippen LogP contribution >= 0.6 is 11.6 Å². The van der Waals surface area contributed by atoms with Crippen LogP contribution in [0.4, 0.5) is 13.2 Å². The zero-order valence-electron chi connectivity index (χ0n) is 24.0. The summed E-state index contributed by atoms with van der Waals surface area (Å²) in [5.41, 5.74) is 6.83. The molecule has 0 saturated carbocycles. The molecule has 2 aromatic heterocycles. The standard InChI is InChI=1S/C30H28ClN3O2.C2HF3O2/c1-19-7-6-8-20(2)29(19)25-16-28(35)34(4)26-14-11-22(15-24(25)26)30(36-5,27-17-32-18-33(27)3)21-9-12-23(31)13-10-21;3-2(4,5)1(6)7/h6-18H,1-5H3;(H,6,7). The number of pyridine rings is 1. The number of nitrogens with zero attached hydrogens (tertiary/aromatic N) is 3. The highest BCUT2D eigenvalue weighted by molar-refractivity contribution is 6.30. The Morgan fingerprint density at radius 3 is 2.05 bits per heavy atom. The number of imidazole rings is 1. The highest BCUT2D eigenvalue weighted by Crippen LogP contribution is 2.42. The van der Waals surface area contributed by atoms with Gasteiger partial charge in [0.05, 0.1) is 23.7 Å². The Labute approximate surface area is 250 Å². The summed E-state index contributed by atoms with van der Waals surface area (Å²) in [6.45, 7) is 4.16. The molecule has 0 amide bonds. The quantitative estimate of drug-likeness (QED) is 0.237. The van der Waals surface area contributed by atoms with Crippen LogP contribution in [0.25, 0.3) is 22.0 Å². The number of rotatable bonds is 5. The number of hydrogen-bond acceptors (Lipinski definition) is 4. The number of aromatic nitrogens is 3. The maximum absolute atomic E-state index is 13.0. The molecule has 0 radical (unpaired) electrons. The first kappa shape index (κ1) is 31.5. The minimum atomic E-state index is -5.08. The Balaban J connectivity index is 0.000000541. The molecule has 0 spiro atoms. The molecule has 43 heavy (non-hydrogen) atoms. The van der Waals surface area contributed by atoms with E-state index in [2.05, 4.69) is 37.0 Å². The molecule has 3 aromatic carbocycles. The molecule has 0 bridgehead atoms. The van der Waals surface area contributed by atoms with E-state index >= 15 is 0 Å². The van der Waals surface area contributed by atoms with Gasteiger partial charge in [0, 0.05) is 37.7 Å². The van der Waals surface area contributed by atoms with E-state index in [1.807, 2.05) is 67.3 Å². The van der Waals surface area contributed by atoms with Gasteiger partial charge in [0.15, 0.2) is 5.60 Å². The van der Waals surface area contributed by atoms with Gasteiger partial charge >= 0.3 is 12.1 Å². The fraction of sp³-hybridized carbons (Fsp3) is 0.219. The van der Waals surface area contributed by atoms with Crippen LogP contribution in [-0.4, -0.2) is 38.5 Å². The van der Waals surface area contributed by atoms with Crippen molar-refractivity contribution in [2.24, 2.45) is 14.1 Å². The molecule has 5 aromatic rings. The van der Waals surface area contributed by atoms with Crippen LogP contribution in [0.1, 0.15) is 27.9 Å². The van der Waals surface area contributed by atoms with Crippen molar-refractivity contribution in [3.63, 3.8) is 0 Å². The number of carboxylic acid groups (broad SMARTS) is 1. The van der Waals surface area contributed by atoms with Gasteiger partial charge < -0.3 is 19.0 Å². The molecule has 224 valence electrons. The van der Waals surface area contributed by atoms with Crippen molar-refractivity contribution in [2.45, 2.75) is 25.6 Å². The number of benzene rings is 3. The minimum absolute atomic E-state index is 0.0461. The van der Waals surface area contributed by atoms with Crippen molar-refractivity contribution in [1.82, 2.24) is 14.1 Å². The van der Waals surface area contributed by atoms with Gasteiger partial charge in [0.1, 0.15) is 0 Å². The van der Waals surface area contributed by atoms with Crippen molar-refractivity contribution in [2.75, 3.05) is 7.11 Å². The van der Waals surface area contributed by atoms with Crippen molar-refractivity contribution >= 4 is 28.5 Å². The molecule has 0 aliphatic carbocycles. The maximum atomic E-state index is 13.0. The van der Waals surface area contributed by atoms with Gasteiger partial charge in [0.2, 0.25) is 0 Å². The van der Waals surface area contributed by atoms with E-state index in [4.69, 9.17) is 26.2 Å². The average Bonchev–Trinajstić information content (AvgIpc) is 3.38. The van der Waals surface area contributed by atoms with Gasteiger partial charge in [-0.2, -0.15) is 13.2 Å². The molecule has 1 atom stereocenters. The number of aliphatic carboxylic acids is 1. The van der Waals surface area contributed by atoms with Crippen molar-refractivity contribution < 1.29 is 27.8 Å². The third-order valence-corrected chi connectivity index (χ3v) is 7.63. The number of carbonyl (C=O) groups is 1. The second-order valence-corrected chi connectivity index (χ2v) is 10.5. The second kappa shape index (κ2) is 12.1. The van der Waals surface area contributed by atoms with Crippen molar-refractivity contribution in [3.8, 4) is 11.1 Å². The molecular formula is C32H29ClF3N3O4. The molecule has 0 fully saturated rings. The van der Waals surface area contributed by atoms with E-state index in [1.165, 1.54) is 0 Å². The van der Waals surface area contributed by atoms with Crippen LogP contribution in [0, 0.1) is 13.8 Å². The van der Waals surface area contributed by atoms with E-state index in [-0.39, 0.29) is 5.56 Å². The van der Waals surface area contributed by atoms with Crippen LogP contribution in [0.3, 0.4) is 0 Å². The summed E-state index contributed by atoms with van der Waals surface area (Å²) in [5.74, 6) is -2.76. The summed E-state index contributed by atoms with van der Waals surface area (Å²) in [6.07, 6.45) is -1.48. The normalized spacial score (nSPS) is 12.9. The van der Waals surface area contributed by atoms with Crippen molar-refractivity contribution in [1.29, 1.82) is 0 Å². The van der Waals surface area contributed by atoms with Gasteiger partial charge in [-0.15, -0.1) is 0 Å². The first-order chi connectivity index (χ1) is 20.2. The lowest BCUT2D eigenvalue weighted by molar-refractivity contribution is -0.192. The molecule has 0 aliphatic heterocycles. The van der Waals surface area contributed by atoms with Crippen LogP contribution in [0.15, 0.2) is 84.0 Å². The fourth-order valence-corrected chi connectivity index (χ4v) is 5.44. The molecule has 0 aliphatic rings. The van der Waals surface area contributed by atoms with E-state index in [0.29, 0.717) is 5.02 Å². The summed E-state index contributed by atoms with van der Waals surface area (Å²) < 4.78 is 41.8. The highest BCUT2D eigenvalue weighted by Gasteiger charge is 2.40. The number of fused-ring (bicyclic) bond motifs is 1. The molecule has 5 rings (SSSR count). The molecular weight excluding hydrogens is 583 g/mol. The first-order valence-corrected chi connectivity index (χ1v) is 13.4. The van der Waals surface area contributed by atoms with Gasteiger partial charge in [-0.1, -0.05) is 48.0 Å². The van der Waals surface area contributed by atoms with E-state index in [1.54, 1.807) is 24.1 Å². The summed E-state index contributed by atoms with van der Waals surface area (Å²) >= 11 is 6.24. The zero-order chi connectivity index (χ0) is 31.7. The van der Waals surface area contributed by atoms with Gasteiger partial charge in [-0.25, -0.2) is 9.78 Å². The van der Waals surface area contributed by atoms with Crippen LogP contribution in [0.5, 0.6) is 0 Å². The number of methoxy groups -OCH3 is 1. The molecule has 1 N–H and O–H groups in total. The number of aryl methyl sites for hydroxylation is 4.